The minimum atomic E-state index is -0.847. The first-order valence-corrected chi connectivity index (χ1v) is 16.6. The summed E-state index contributed by atoms with van der Waals surface area (Å²) in [4.78, 5) is 14.4. The van der Waals surface area contributed by atoms with Crippen LogP contribution in [0, 0.1) is 11.3 Å². The zero-order valence-electron chi connectivity index (χ0n) is 24.5. The fraction of sp³-hybridized carbons (Fsp3) is 0.583. The first-order valence-electron chi connectivity index (χ1n) is 16.6. The minimum Gasteiger partial charge on any atom is -0.384 e. The lowest BCUT2D eigenvalue weighted by Crippen LogP contribution is -2.65. The lowest BCUT2D eigenvalue weighted by molar-refractivity contribution is -0.0905. The molecule has 2 aromatic heterocycles. The van der Waals surface area contributed by atoms with Crippen LogP contribution in [0.2, 0.25) is 0 Å². The Labute approximate surface area is 244 Å². The fourth-order valence-electron chi connectivity index (χ4n) is 9.89. The molecule has 6 heterocycles. The van der Waals surface area contributed by atoms with Crippen LogP contribution in [-0.2, 0) is 0 Å². The number of piperidine rings is 1. The molecule has 3 aromatic rings. The molecular formula is C36H46N4O. The molecule has 3 saturated heterocycles. The number of fused-ring (bicyclic) bond motifs is 5. The standard InChI is InChI=1S/C36H46N4O/c41-36-18-10-4-1-2-5-11-20-39-22-17-30(35(25-39)23-26-13-7-3-6-12-21-40(26)34(35)36)29(24-36)32-33-28(16-19-37-32)27-14-8-9-15-31(27)38-33/h7-9,13-16,19,24,26,30,34,38,41H,1-6,10-12,17-18,20-23,25H2/b13-7-/t26-,30-,34+,35-,36-/m0/s1. The maximum atomic E-state index is 13.1. The molecular weight excluding hydrogens is 504 g/mol. The quantitative estimate of drug-likeness (QED) is 0.318. The highest BCUT2D eigenvalue weighted by Crippen LogP contribution is 2.61. The number of aliphatic hydroxyl groups is 1. The van der Waals surface area contributed by atoms with Gasteiger partial charge in [0.05, 0.1) is 22.9 Å². The second-order valence-corrected chi connectivity index (χ2v) is 13.9. The van der Waals surface area contributed by atoms with Crippen molar-refractivity contribution in [3.63, 3.8) is 0 Å². The summed E-state index contributed by atoms with van der Waals surface area (Å²) in [5, 5.41) is 15.6. The largest absolute Gasteiger partial charge is 0.384 e. The number of rotatable bonds is 1. The molecule has 3 bridgehead atoms. The topological polar surface area (TPSA) is 55.4 Å². The molecule has 5 nitrogen and oxygen atoms in total. The number of aromatic amines is 1. The van der Waals surface area contributed by atoms with E-state index in [1.54, 1.807) is 0 Å². The average Bonchev–Trinajstić information content (AvgIpc) is 3.49. The molecule has 8 rings (SSSR count). The normalized spacial score (nSPS) is 37.2. The van der Waals surface area contributed by atoms with Crippen LogP contribution in [0.1, 0.15) is 82.7 Å². The monoisotopic (exact) mass is 550 g/mol. The van der Waals surface area contributed by atoms with Crippen molar-refractivity contribution in [3.8, 4) is 0 Å². The van der Waals surface area contributed by atoms with E-state index in [2.05, 4.69) is 63.3 Å². The third-order valence-corrected chi connectivity index (χ3v) is 11.5. The van der Waals surface area contributed by atoms with Crippen molar-refractivity contribution in [1.82, 2.24) is 19.8 Å². The number of benzene rings is 1. The van der Waals surface area contributed by atoms with Gasteiger partial charge in [-0.1, -0.05) is 62.5 Å². The van der Waals surface area contributed by atoms with Crippen molar-refractivity contribution in [2.45, 2.75) is 94.7 Å². The number of para-hydroxylation sites is 1. The van der Waals surface area contributed by atoms with Crippen LogP contribution in [-0.4, -0.2) is 68.7 Å². The van der Waals surface area contributed by atoms with Gasteiger partial charge >= 0.3 is 0 Å². The van der Waals surface area contributed by atoms with E-state index in [4.69, 9.17) is 4.98 Å². The third kappa shape index (κ3) is 4.25. The van der Waals surface area contributed by atoms with Gasteiger partial charge in [-0.15, -0.1) is 0 Å². The van der Waals surface area contributed by atoms with Crippen molar-refractivity contribution in [3.05, 3.63) is 60.5 Å². The Bertz CT molecular complexity index is 1490. The number of hydrogen-bond acceptors (Lipinski definition) is 4. The molecule has 41 heavy (non-hydrogen) atoms. The van der Waals surface area contributed by atoms with Crippen molar-refractivity contribution in [2.75, 3.05) is 26.2 Å². The summed E-state index contributed by atoms with van der Waals surface area (Å²) >= 11 is 0. The molecule has 4 aliphatic heterocycles. The number of H-pyrrole nitrogens is 1. The zero-order chi connectivity index (χ0) is 27.4. The molecule has 5 heteroatoms. The summed E-state index contributed by atoms with van der Waals surface area (Å²) in [7, 11) is 0. The number of nitrogens with one attached hydrogen (secondary N) is 1. The summed E-state index contributed by atoms with van der Waals surface area (Å²) in [5.74, 6) is 0.403. The van der Waals surface area contributed by atoms with Gasteiger partial charge in [0.2, 0.25) is 0 Å². The molecule has 1 aromatic carbocycles. The average molecular weight is 551 g/mol. The minimum absolute atomic E-state index is 0.0281. The van der Waals surface area contributed by atoms with Gasteiger partial charge in [0.15, 0.2) is 0 Å². The lowest BCUT2D eigenvalue weighted by Gasteiger charge is -2.58. The van der Waals surface area contributed by atoms with Gasteiger partial charge in [0.1, 0.15) is 0 Å². The molecule has 3 fully saturated rings. The van der Waals surface area contributed by atoms with E-state index in [9.17, 15) is 5.11 Å². The van der Waals surface area contributed by atoms with Crippen LogP contribution in [0.4, 0.5) is 0 Å². The van der Waals surface area contributed by atoms with Crippen molar-refractivity contribution >= 4 is 27.4 Å². The van der Waals surface area contributed by atoms with Crippen LogP contribution < -0.4 is 0 Å². The van der Waals surface area contributed by atoms with Gasteiger partial charge in [0.25, 0.3) is 0 Å². The molecule has 2 N–H and O–H groups in total. The molecule has 0 radical (unpaired) electrons. The predicted octanol–water partition coefficient (Wildman–Crippen LogP) is 7.08. The molecule has 1 unspecified atom stereocenters. The van der Waals surface area contributed by atoms with Gasteiger partial charge < -0.3 is 15.0 Å². The molecule has 5 aliphatic rings. The van der Waals surface area contributed by atoms with Crippen LogP contribution in [0.5, 0.6) is 0 Å². The second kappa shape index (κ2) is 10.4. The number of aromatic nitrogens is 2. The van der Waals surface area contributed by atoms with E-state index in [1.807, 2.05) is 6.20 Å². The Kier molecular flexibility index (Phi) is 6.61. The first kappa shape index (κ1) is 26.2. The zero-order valence-corrected chi connectivity index (χ0v) is 24.5. The first-order chi connectivity index (χ1) is 20.2. The molecule has 1 aliphatic carbocycles. The maximum absolute atomic E-state index is 13.1. The Hall–Kier alpha value is -2.47. The van der Waals surface area contributed by atoms with E-state index in [-0.39, 0.29) is 11.5 Å². The van der Waals surface area contributed by atoms with Gasteiger partial charge in [-0.05, 0) is 94.3 Å². The molecule has 6 atom stereocenters. The van der Waals surface area contributed by atoms with Gasteiger partial charge in [-0.25, -0.2) is 0 Å². The van der Waals surface area contributed by atoms with Crippen molar-refractivity contribution in [1.29, 1.82) is 0 Å². The van der Waals surface area contributed by atoms with Crippen LogP contribution in [0.15, 0.2) is 54.8 Å². The van der Waals surface area contributed by atoms with E-state index in [0.29, 0.717) is 12.0 Å². The van der Waals surface area contributed by atoms with E-state index < -0.39 is 5.60 Å². The number of pyridine rings is 1. The van der Waals surface area contributed by atoms with Crippen molar-refractivity contribution < 1.29 is 5.11 Å². The second-order valence-electron chi connectivity index (χ2n) is 13.9. The van der Waals surface area contributed by atoms with E-state index in [1.165, 1.54) is 79.8 Å². The fourth-order valence-corrected chi connectivity index (χ4v) is 9.89. The number of hydrogen-bond donors (Lipinski definition) is 2. The highest BCUT2D eigenvalue weighted by atomic mass is 16.3. The van der Waals surface area contributed by atoms with E-state index in [0.717, 1.165) is 56.5 Å². The highest BCUT2D eigenvalue weighted by molar-refractivity contribution is 6.09. The summed E-state index contributed by atoms with van der Waals surface area (Å²) in [6, 6.07) is 11.4. The van der Waals surface area contributed by atoms with Crippen LogP contribution in [0.25, 0.3) is 27.4 Å². The van der Waals surface area contributed by atoms with Gasteiger partial charge in [-0.2, -0.15) is 0 Å². The Morgan fingerprint density at radius 1 is 0.902 bits per heavy atom. The Morgan fingerprint density at radius 2 is 1.76 bits per heavy atom. The third-order valence-electron chi connectivity index (χ3n) is 11.5. The maximum Gasteiger partial charge on any atom is 0.0995 e. The molecule has 1 spiro atoms. The SMILES string of the molecule is O[C@]12C=C(c3nccc4c3[nH]c3ccccc34)[C@@H]3CCN(CCCCCCCC1)C[C@@]31C[C@@H]3/C=C\CCCCN3[C@H]12. The number of nitrogens with zero attached hydrogens (tertiary/aromatic N) is 3. The number of allylic oxidation sites excluding steroid dienone is 2. The summed E-state index contributed by atoms with van der Waals surface area (Å²) in [6.07, 6.45) is 23.7. The highest BCUT2D eigenvalue weighted by Gasteiger charge is 2.65. The summed E-state index contributed by atoms with van der Waals surface area (Å²) in [5.41, 5.74) is 3.88. The lowest BCUT2D eigenvalue weighted by atomic mass is 9.54. The van der Waals surface area contributed by atoms with E-state index >= 15 is 0 Å². The smallest absolute Gasteiger partial charge is 0.0995 e. The van der Waals surface area contributed by atoms with Crippen molar-refractivity contribution in [2.24, 2.45) is 11.3 Å². The van der Waals surface area contributed by atoms with Crippen LogP contribution >= 0.6 is 0 Å². The summed E-state index contributed by atoms with van der Waals surface area (Å²) < 4.78 is 0. The molecule has 216 valence electrons. The Balaban J connectivity index is 1.34. The predicted molar refractivity (Wildman–Crippen MR) is 168 cm³/mol. The summed E-state index contributed by atoms with van der Waals surface area (Å²) in [6.45, 7) is 4.56. The molecule has 0 amide bonds. The van der Waals surface area contributed by atoms with Gasteiger partial charge in [-0.3, -0.25) is 9.88 Å². The van der Waals surface area contributed by atoms with Gasteiger partial charge in [0, 0.05) is 40.5 Å². The molecule has 0 saturated carbocycles. The Morgan fingerprint density at radius 3 is 2.71 bits per heavy atom. The van der Waals surface area contributed by atoms with Crippen LogP contribution in [0.3, 0.4) is 0 Å².